The van der Waals surface area contributed by atoms with Crippen molar-refractivity contribution in [3.63, 3.8) is 0 Å². The van der Waals surface area contributed by atoms with Crippen molar-refractivity contribution in [2.24, 2.45) is 0 Å². The molecule has 0 aliphatic carbocycles. The van der Waals surface area contributed by atoms with Crippen LogP contribution in [-0.2, 0) is 4.79 Å². The third-order valence-electron chi connectivity index (χ3n) is 1.97. The fourth-order valence-corrected chi connectivity index (χ4v) is 1.22. The van der Waals surface area contributed by atoms with Crippen molar-refractivity contribution in [3.8, 4) is 0 Å². The van der Waals surface area contributed by atoms with Crippen LogP contribution in [0.2, 0.25) is 0 Å². The van der Waals surface area contributed by atoms with Crippen molar-refractivity contribution in [1.29, 1.82) is 0 Å². The smallest absolute Gasteiger partial charge is 0.251 e. The lowest BCUT2D eigenvalue weighted by atomic mass is 10.2. The lowest BCUT2D eigenvalue weighted by Crippen LogP contribution is -2.37. The molecule has 6 heteroatoms. The zero-order valence-corrected chi connectivity index (χ0v) is 10.3. The van der Waals surface area contributed by atoms with Gasteiger partial charge in [0.25, 0.3) is 5.91 Å². The maximum absolute atomic E-state index is 12.9. The predicted octanol–water partition coefficient (Wildman–Crippen LogP) is 1.42. The molecule has 0 heterocycles. The summed E-state index contributed by atoms with van der Waals surface area (Å²) in [4.78, 5) is 22.8. The fraction of sp³-hybridized carbons (Fsp3) is 0.167. The molecule has 2 N–H and O–H groups in total. The lowest BCUT2D eigenvalue weighted by molar-refractivity contribution is -0.119. The van der Waals surface area contributed by atoms with E-state index < -0.39 is 17.6 Å². The molecule has 0 bridgehead atoms. The minimum atomic E-state index is -0.519. The van der Waals surface area contributed by atoms with Crippen LogP contribution in [0, 0.1) is 5.82 Å². The van der Waals surface area contributed by atoms with E-state index in [1.807, 2.05) is 0 Å². The highest BCUT2D eigenvalue weighted by atomic mass is 35.5. The first kappa shape index (κ1) is 14.2. The van der Waals surface area contributed by atoms with E-state index in [-0.39, 0.29) is 18.7 Å². The second-order valence-electron chi connectivity index (χ2n) is 3.49. The van der Waals surface area contributed by atoms with Crippen LogP contribution in [0.1, 0.15) is 10.4 Å². The Kier molecular flexibility index (Phi) is 5.32. The molecular formula is C12H12ClFN2O2. The molecule has 4 nitrogen and oxygen atoms in total. The highest BCUT2D eigenvalue weighted by Gasteiger charge is 2.08. The number of carbonyl (C=O) groups excluding carboxylic acids is 2. The molecule has 0 saturated carbocycles. The van der Waals surface area contributed by atoms with Crippen LogP contribution in [0.5, 0.6) is 0 Å². The SMILES string of the molecule is C=C(Cl)CNC(=O)CNC(=O)c1cccc(F)c1. The molecule has 0 aliphatic rings. The average molecular weight is 271 g/mol. The van der Waals surface area contributed by atoms with Gasteiger partial charge in [-0.15, -0.1) is 0 Å². The molecule has 0 atom stereocenters. The number of amides is 2. The molecule has 0 aliphatic heterocycles. The summed E-state index contributed by atoms with van der Waals surface area (Å²) in [5.41, 5.74) is 0.157. The van der Waals surface area contributed by atoms with Gasteiger partial charge < -0.3 is 10.6 Å². The molecule has 1 aromatic rings. The number of benzene rings is 1. The number of nitrogens with one attached hydrogen (secondary N) is 2. The molecule has 0 fully saturated rings. The first-order valence-corrected chi connectivity index (χ1v) is 5.50. The maximum atomic E-state index is 12.9. The number of rotatable bonds is 5. The van der Waals surface area contributed by atoms with Crippen LogP contribution in [-0.4, -0.2) is 24.9 Å². The Morgan fingerprint density at radius 3 is 2.61 bits per heavy atom. The monoisotopic (exact) mass is 270 g/mol. The van der Waals surface area contributed by atoms with Crippen LogP contribution in [0.15, 0.2) is 35.9 Å². The number of hydrogen-bond acceptors (Lipinski definition) is 2. The third kappa shape index (κ3) is 4.97. The molecule has 96 valence electrons. The van der Waals surface area contributed by atoms with Crippen molar-refractivity contribution in [2.45, 2.75) is 0 Å². The van der Waals surface area contributed by atoms with E-state index in [1.54, 1.807) is 0 Å². The molecule has 0 radical (unpaired) electrons. The van der Waals surface area contributed by atoms with Crippen LogP contribution in [0.3, 0.4) is 0 Å². The Morgan fingerprint density at radius 2 is 2.00 bits per heavy atom. The highest BCUT2D eigenvalue weighted by molar-refractivity contribution is 6.29. The van der Waals surface area contributed by atoms with Gasteiger partial charge in [-0.3, -0.25) is 9.59 Å². The first-order valence-electron chi connectivity index (χ1n) is 5.13. The van der Waals surface area contributed by atoms with Crippen molar-refractivity contribution in [1.82, 2.24) is 10.6 Å². The van der Waals surface area contributed by atoms with E-state index in [0.29, 0.717) is 5.03 Å². The minimum absolute atomic E-state index is 0.135. The Balaban J connectivity index is 2.42. The predicted molar refractivity (Wildman–Crippen MR) is 66.7 cm³/mol. The number of halogens is 2. The molecular weight excluding hydrogens is 259 g/mol. The molecule has 0 saturated heterocycles. The van der Waals surface area contributed by atoms with Gasteiger partial charge in [-0.2, -0.15) is 0 Å². The average Bonchev–Trinajstić information content (AvgIpc) is 2.33. The van der Waals surface area contributed by atoms with Crippen molar-refractivity contribution in [2.75, 3.05) is 13.1 Å². The van der Waals surface area contributed by atoms with Gasteiger partial charge in [-0.05, 0) is 18.2 Å². The minimum Gasteiger partial charge on any atom is -0.350 e. The summed E-state index contributed by atoms with van der Waals surface area (Å²) in [7, 11) is 0. The van der Waals surface area contributed by atoms with Gasteiger partial charge in [0.15, 0.2) is 0 Å². The molecule has 0 aromatic heterocycles. The van der Waals surface area contributed by atoms with Gasteiger partial charge in [-0.1, -0.05) is 24.2 Å². The van der Waals surface area contributed by atoms with Gasteiger partial charge in [0.05, 0.1) is 13.1 Å². The van der Waals surface area contributed by atoms with Crippen LogP contribution in [0.4, 0.5) is 4.39 Å². The summed E-state index contributed by atoms with van der Waals surface area (Å²) in [6.07, 6.45) is 0. The largest absolute Gasteiger partial charge is 0.350 e. The van der Waals surface area contributed by atoms with Gasteiger partial charge in [0, 0.05) is 10.6 Å². The molecule has 0 unspecified atom stereocenters. The molecule has 2 amide bonds. The second kappa shape index (κ2) is 6.76. The van der Waals surface area contributed by atoms with Gasteiger partial charge in [0.2, 0.25) is 5.91 Å². The fourth-order valence-electron chi connectivity index (χ4n) is 1.15. The first-order chi connectivity index (χ1) is 8.49. The Bertz CT molecular complexity index is 477. The zero-order valence-electron chi connectivity index (χ0n) is 9.50. The molecule has 1 rings (SSSR count). The van der Waals surface area contributed by atoms with Gasteiger partial charge >= 0.3 is 0 Å². The Hall–Kier alpha value is -1.88. The van der Waals surface area contributed by atoms with E-state index >= 15 is 0 Å². The van der Waals surface area contributed by atoms with Gasteiger partial charge in [-0.25, -0.2) is 4.39 Å². The van der Waals surface area contributed by atoms with E-state index in [2.05, 4.69) is 17.2 Å². The topological polar surface area (TPSA) is 58.2 Å². The Labute approximate surface area is 109 Å². The van der Waals surface area contributed by atoms with Crippen molar-refractivity contribution >= 4 is 23.4 Å². The lowest BCUT2D eigenvalue weighted by Gasteiger charge is -2.06. The highest BCUT2D eigenvalue weighted by Crippen LogP contribution is 2.02. The maximum Gasteiger partial charge on any atom is 0.251 e. The normalized spacial score (nSPS) is 9.67. The summed E-state index contributed by atoms with van der Waals surface area (Å²) in [5, 5.41) is 5.09. The zero-order chi connectivity index (χ0) is 13.5. The van der Waals surface area contributed by atoms with E-state index in [9.17, 15) is 14.0 Å². The third-order valence-corrected chi connectivity index (χ3v) is 2.11. The molecule has 18 heavy (non-hydrogen) atoms. The number of hydrogen-bond donors (Lipinski definition) is 2. The summed E-state index contributed by atoms with van der Waals surface area (Å²) in [6, 6.07) is 5.20. The molecule has 0 spiro atoms. The second-order valence-corrected chi connectivity index (χ2v) is 4.02. The van der Waals surface area contributed by atoms with Crippen LogP contribution < -0.4 is 10.6 Å². The van der Waals surface area contributed by atoms with E-state index in [1.165, 1.54) is 18.2 Å². The summed E-state index contributed by atoms with van der Waals surface area (Å²) >= 11 is 5.46. The summed E-state index contributed by atoms with van der Waals surface area (Å²) in [5.74, 6) is -1.43. The summed E-state index contributed by atoms with van der Waals surface area (Å²) in [6.45, 7) is 3.33. The molecule has 1 aromatic carbocycles. The standard InChI is InChI=1S/C12H12ClFN2O2/c1-8(13)6-15-11(17)7-16-12(18)9-3-2-4-10(14)5-9/h2-5H,1,6-7H2,(H,15,17)(H,16,18). The quantitative estimate of drug-likeness (QED) is 0.850. The Morgan fingerprint density at radius 1 is 1.28 bits per heavy atom. The van der Waals surface area contributed by atoms with Crippen LogP contribution in [0.25, 0.3) is 0 Å². The van der Waals surface area contributed by atoms with Crippen molar-refractivity contribution in [3.05, 3.63) is 47.3 Å². The van der Waals surface area contributed by atoms with Crippen LogP contribution >= 0.6 is 11.6 Å². The number of carbonyl (C=O) groups is 2. The summed E-state index contributed by atoms with van der Waals surface area (Å²) < 4.78 is 12.9. The van der Waals surface area contributed by atoms with E-state index in [4.69, 9.17) is 11.6 Å². The van der Waals surface area contributed by atoms with E-state index in [0.717, 1.165) is 6.07 Å². The van der Waals surface area contributed by atoms with Gasteiger partial charge in [0.1, 0.15) is 5.82 Å². The van der Waals surface area contributed by atoms with Crippen molar-refractivity contribution < 1.29 is 14.0 Å².